The van der Waals surface area contributed by atoms with E-state index >= 15 is 0 Å². The molecule has 0 bridgehead atoms. The van der Waals surface area contributed by atoms with E-state index in [4.69, 9.17) is 19.9 Å². The van der Waals surface area contributed by atoms with Gasteiger partial charge in [0.15, 0.2) is 29.1 Å². The summed E-state index contributed by atoms with van der Waals surface area (Å²) in [7, 11) is 0. The molecule has 9 heteroatoms. The number of nitrogens with two attached hydrogens (primary N) is 1. The van der Waals surface area contributed by atoms with Crippen LogP contribution in [0.1, 0.15) is 23.0 Å². The second-order valence-electron chi connectivity index (χ2n) is 5.24. The van der Waals surface area contributed by atoms with Crippen molar-refractivity contribution >= 4 is 17.7 Å². The molecule has 0 radical (unpaired) electrons. The van der Waals surface area contributed by atoms with E-state index in [1.165, 1.54) is 19.3 Å². The van der Waals surface area contributed by atoms with Crippen molar-refractivity contribution in [1.82, 2.24) is 15.3 Å². The first-order valence-corrected chi connectivity index (χ1v) is 7.48. The fourth-order valence-electron chi connectivity index (χ4n) is 2.16. The fraction of sp³-hybridized carbons (Fsp3) is 0.250. The molecule has 0 spiro atoms. The van der Waals surface area contributed by atoms with Crippen LogP contribution >= 0.6 is 0 Å². The third-order valence-corrected chi connectivity index (χ3v) is 3.48. The van der Waals surface area contributed by atoms with Gasteiger partial charge in [0.2, 0.25) is 6.79 Å². The minimum absolute atomic E-state index is 0.0551. The Morgan fingerprint density at radius 2 is 2.04 bits per heavy atom. The summed E-state index contributed by atoms with van der Waals surface area (Å²) in [5.74, 6) is -0.0198. The molecule has 1 aliphatic heterocycles. The quantitative estimate of drug-likeness (QED) is 0.757. The SMILES string of the molecule is C[C@@H](OC(=O)c1nccnc1N)C(=O)NCc1ccc2c(c1)OCO2. The molecule has 3 N–H and O–H groups in total. The molecule has 0 unspecified atom stereocenters. The van der Waals surface area contributed by atoms with Crippen molar-refractivity contribution in [2.45, 2.75) is 19.6 Å². The normalized spacial score (nSPS) is 13.2. The molecule has 3 rings (SSSR count). The van der Waals surface area contributed by atoms with Crippen LogP contribution in [0.4, 0.5) is 5.82 Å². The third-order valence-electron chi connectivity index (χ3n) is 3.48. The molecule has 1 aliphatic rings. The molecule has 0 saturated heterocycles. The number of anilines is 1. The lowest BCUT2D eigenvalue weighted by Crippen LogP contribution is -2.35. The third kappa shape index (κ3) is 3.77. The highest BCUT2D eigenvalue weighted by Gasteiger charge is 2.22. The summed E-state index contributed by atoms with van der Waals surface area (Å²) in [6.45, 7) is 1.90. The van der Waals surface area contributed by atoms with Gasteiger partial charge >= 0.3 is 5.97 Å². The van der Waals surface area contributed by atoms with E-state index in [2.05, 4.69) is 15.3 Å². The molecular formula is C16H16N4O5. The molecule has 1 aromatic heterocycles. The van der Waals surface area contributed by atoms with E-state index in [-0.39, 0.29) is 24.8 Å². The molecule has 0 aliphatic carbocycles. The number of nitrogens with zero attached hydrogens (tertiary/aromatic N) is 2. The van der Waals surface area contributed by atoms with Crippen molar-refractivity contribution in [2.24, 2.45) is 0 Å². The number of benzene rings is 1. The second kappa shape index (κ2) is 7.04. The van der Waals surface area contributed by atoms with Gasteiger partial charge in [-0.25, -0.2) is 14.8 Å². The molecule has 2 aromatic rings. The Morgan fingerprint density at radius 3 is 2.84 bits per heavy atom. The van der Waals surface area contributed by atoms with Crippen molar-refractivity contribution in [3.8, 4) is 11.5 Å². The number of esters is 1. The number of ether oxygens (including phenoxy) is 3. The minimum Gasteiger partial charge on any atom is -0.454 e. The van der Waals surface area contributed by atoms with Crippen LogP contribution < -0.4 is 20.5 Å². The number of carbonyl (C=O) groups excluding carboxylic acids is 2. The molecule has 1 atom stereocenters. The maximum absolute atomic E-state index is 12.1. The molecule has 9 nitrogen and oxygen atoms in total. The summed E-state index contributed by atoms with van der Waals surface area (Å²) in [6.07, 6.45) is 1.66. The van der Waals surface area contributed by atoms with E-state index in [0.29, 0.717) is 11.5 Å². The van der Waals surface area contributed by atoms with Crippen LogP contribution in [0.5, 0.6) is 11.5 Å². The monoisotopic (exact) mass is 344 g/mol. The van der Waals surface area contributed by atoms with Crippen molar-refractivity contribution in [3.63, 3.8) is 0 Å². The predicted octanol–water partition coefficient (Wildman–Crippen LogP) is 0.649. The topological polar surface area (TPSA) is 126 Å². The smallest absolute Gasteiger partial charge is 0.361 e. The van der Waals surface area contributed by atoms with Gasteiger partial charge in [0.05, 0.1) is 0 Å². The highest BCUT2D eigenvalue weighted by molar-refractivity contribution is 5.93. The summed E-state index contributed by atoms with van der Waals surface area (Å²) >= 11 is 0. The van der Waals surface area contributed by atoms with Crippen LogP contribution in [0.25, 0.3) is 0 Å². The summed E-state index contributed by atoms with van der Waals surface area (Å²) < 4.78 is 15.6. The summed E-state index contributed by atoms with van der Waals surface area (Å²) in [6, 6.07) is 5.36. The molecule has 2 heterocycles. The number of rotatable bonds is 5. The van der Waals surface area contributed by atoms with Gasteiger partial charge in [0.25, 0.3) is 5.91 Å². The van der Waals surface area contributed by atoms with Crippen LogP contribution in [-0.4, -0.2) is 34.7 Å². The van der Waals surface area contributed by atoms with Crippen LogP contribution in [0.2, 0.25) is 0 Å². The lowest BCUT2D eigenvalue weighted by Gasteiger charge is -2.13. The van der Waals surface area contributed by atoms with Crippen molar-refractivity contribution < 1.29 is 23.8 Å². The molecule has 1 aromatic carbocycles. The molecule has 130 valence electrons. The van der Waals surface area contributed by atoms with Gasteiger partial charge in [0.1, 0.15) is 0 Å². The largest absolute Gasteiger partial charge is 0.454 e. The maximum atomic E-state index is 12.1. The number of hydrogen-bond donors (Lipinski definition) is 2. The number of nitrogen functional groups attached to an aromatic ring is 1. The van der Waals surface area contributed by atoms with E-state index < -0.39 is 18.0 Å². The standard InChI is InChI=1S/C16H16N4O5/c1-9(25-16(22)13-14(17)19-5-4-18-13)15(21)20-7-10-2-3-11-12(6-10)24-8-23-11/h2-6,9H,7-8H2,1H3,(H2,17,19)(H,20,21)/t9-/m1/s1. The number of carbonyl (C=O) groups is 2. The van der Waals surface area contributed by atoms with E-state index in [1.54, 1.807) is 12.1 Å². The first-order chi connectivity index (χ1) is 12.0. The van der Waals surface area contributed by atoms with Crippen molar-refractivity contribution in [1.29, 1.82) is 0 Å². The van der Waals surface area contributed by atoms with Crippen LogP contribution in [0.15, 0.2) is 30.6 Å². The van der Waals surface area contributed by atoms with Gasteiger partial charge in [-0.15, -0.1) is 0 Å². The Hall–Kier alpha value is -3.36. The lowest BCUT2D eigenvalue weighted by atomic mass is 10.2. The predicted molar refractivity (Wildman–Crippen MR) is 85.7 cm³/mol. The number of fused-ring (bicyclic) bond motifs is 1. The Labute approximate surface area is 143 Å². The number of hydrogen-bond acceptors (Lipinski definition) is 8. The second-order valence-corrected chi connectivity index (χ2v) is 5.24. The fourth-order valence-corrected chi connectivity index (χ4v) is 2.16. The highest BCUT2D eigenvalue weighted by Crippen LogP contribution is 2.32. The Kier molecular flexibility index (Phi) is 4.64. The average Bonchev–Trinajstić information content (AvgIpc) is 3.07. The van der Waals surface area contributed by atoms with Crippen LogP contribution in [-0.2, 0) is 16.1 Å². The van der Waals surface area contributed by atoms with Gasteiger partial charge in [0, 0.05) is 18.9 Å². The van der Waals surface area contributed by atoms with Gasteiger partial charge in [-0.3, -0.25) is 4.79 Å². The van der Waals surface area contributed by atoms with Gasteiger partial charge in [-0.05, 0) is 24.6 Å². The molecule has 1 amide bonds. The maximum Gasteiger partial charge on any atom is 0.361 e. The van der Waals surface area contributed by atoms with Gasteiger partial charge < -0.3 is 25.3 Å². The average molecular weight is 344 g/mol. The van der Waals surface area contributed by atoms with Crippen molar-refractivity contribution in [2.75, 3.05) is 12.5 Å². The number of aromatic nitrogens is 2. The first-order valence-electron chi connectivity index (χ1n) is 7.48. The van der Waals surface area contributed by atoms with E-state index in [1.807, 2.05) is 6.07 Å². The van der Waals surface area contributed by atoms with Crippen molar-refractivity contribution in [3.05, 3.63) is 41.9 Å². The summed E-state index contributed by atoms with van der Waals surface area (Å²) in [4.78, 5) is 31.6. The Morgan fingerprint density at radius 1 is 1.28 bits per heavy atom. The van der Waals surface area contributed by atoms with Crippen LogP contribution in [0.3, 0.4) is 0 Å². The zero-order valence-electron chi connectivity index (χ0n) is 13.4. The zero-order valence-corrected chi connectivity index (χ0v) is 13.4. The number of nitrogens with one attached hydrogen (secondary N) is 1. The number of amides is 1. The molecular weight excluding hydrogens is 328 g/mol. The lowest BCUT2D eigenvalue weighted by molar-refractivity contribution is -0.129. The van der Waals surface area contributed by atoms with Gasteiger partial charge in [-0.1, -0.05) is 6.07 Å². The highest BCUT2D eigenvalue weighted by atomic mass is 16.7. The summed E-state index contributed by atoms with van der Waals surface area (Å²) in [5, 5.41) is 2.68. The van der Waals surface area contributed by atoms with E-state index in [9.17, 15) is 9.59 Å². The molecule has 0 saturated carbocycles. The molecule has 25 heavy (non-hydrogen) atoms. The first kappa shape index (κ1) is 16.5. The van der Waals surface area contributed by atoms with E-state index in [0.717, 1.165) is 5.56 Å². The zero-order chi connectivity index (χ0) is 17.8. The van der Waals surface area contributed by atoms with Gasteiger partial charge in [-0.2, -0.15) is 0 Å². The van der Waals surface area contributed by atoms with Crippen LogP contribution in [0, 0.1) is 0 Å². The summed E-state index contributed by atoms with van der Waals surface area (Å²) in [5.41, 5.74) is 6.26. The minimum atomic E-state index is -1.01. The molecule has 0 fully saturated rings. The Balaban J connectivity index is 1.54. The Bertz CT molecular complexity index is 811.